The van der Waals surface area contributed by atoms with Gasteiger partial charge in [0.25, 0.3) is 5.91 Å². The summed E-state index contributed by atoms with van der Waals surface area (Å²) in [7, 11) is 1.65. The molecule has 7 heteroatoms. The van der Waals surface area contributed by atoms with Crippen molar-refractivity contribution in [1.29, 1.82) is 0 Å². The Labute approximate surface area is 228 Å². The van der Waals surface area contributed by atoms with Crippen LogP contribution in [-0.4, -0.2) is 74.2 Å². The SMILES string of the molecule is CCOc1ccc(CC(=O)N2CCCCCN(CCOC)C(=O)c3ccccc3OC[C@@H]2CC(C)C)cc1. The first-order valence-electron chi connectivity index (χ1n) is 13.9. The van der Waals surface area contributed by atoms with Crippen LogP contribution < -0.4 is 9.47 Å². The molecule has 2 aromatic rings. The minimum Gasteiger partial charge on any atom is -0.494 e. The molecule has 2 amide bonds. The molecule has 0 aliphatic carbocycles. The zero-order valence-corrected chi connectivity index (χ0v) is 23.5. The van der Waals surface area contributed by atoms with Gasteiger partial charge in [-0.1, -0.05) is 38.1 Å². The van der Waals surface area contributed by atoms with Crippen LogP contribution in [0.3, 0.4) is 0 Å². The van der Waals surface area contributed by atoms with E-state index in [1.165, 1.54) is 0 Å². The minimum atomic E-state index is -0.0845. The third-order valence-corrected chi connectivity index (χ3v) is 6.82. The first kappa shape index (κ1) is 29.5. The van der Waals surface area contributed by atoms with E-state index in [0.717, 1.165) is 37.0 Å². The maximum Gasteiger partial charge on any atom is 0.257 e. The predicted molar refractivity (Wildman–Crippen MR) is 150 cm³/mol. The van der Waals surface area contributed by atoms with Gasteiger partial charge in [-0.25, -0.2) is 0 Å². The molecule has 0 fully saturated rings. The molecule has 38 heavy (non-hydrogen) atoms. The molecule has 0 unspecified atom stereocenters. The lowest BCUT2D eigenvalue weighted by molar-refractivity contribution is -0.134. The third-order valence-electron chi connectivity index (χ3n) is 6.82. The fourth-order valence-corrected chi connectivity index (χ4v) is 4.89. The number of amides is 2. The van der Waals surface area contributed by atoms with E-state index in [9.17, 15) is 9.59 Å². The van der Waals surface area contributed by atoms with Crippen molar-refractivity contribution >= 4 is 11.8 Å². The first-order chi connectivity index (χ1) is 18.4. The average molecular weight is 525 g/mol. The van der Waals surface area contributed by atoms with Crippen LogP contribution in [0.5, 0.6) is 11.5 Å². The van der Waals surface area contributed by atoms with Crippen molar-refractivity contribution in [1.82, 2.24) is 9.80 Å². The van der Waals surface area contributed by atoms with E-state index < -0.39 is 0 Å². The highest BCUT2D eigenvalue weighted by molar-refractivity contribution is 5.97. The van der Waals surface area contributed by atoms with Gasteiger partial charge in [0.15, 0.2) is 0 Å². The van der Waals surface area contributed by atoms with Gasteiger partial charge in [0.05, 0.1) is 31.2 Å². The minimum absolute atomic E-state index is 0.0410. The zero-order valence-electron chi connectivity index (χ0n) is 23.5. The Morgan fingerprint density at radius 1 is 1.05 bits per heavy atom. The summed E-state index contributed by atoms with van der Waals surface area (Å²) < 4.78 is 17.1. The van der Waals surface area contributed by atoms with Crippen LogP contribution in [0.15, 0.2) is 48.5 Å². The standard InChI is InChI=1S/C31H44N2O5/c1-5-37-27-15-13-25(14-16-27)22-30(34)33-18-10-6-9-17-32(19-20-36-4)31(35)28-11-7-8-12-29(28)38-23-26(33)21-24(2)3/h7-8,11-16,24,26H,5-6,9-10,17-23H2,1-4H3/t26-/m0/s1. The van der Waals surface area contributed by atoms with Gasteiger partial charge in [-0.15, -0.1) is 0 Å². The van der Waals surface area contributed by atoms with Crippen LogP contribution in [0.2, 0.25) is 0 Å². The molecule has 208 valence electrons. The van der Waals surface area contributed by atoms with Gasteiger partial charge in [-0.05, 0) is 68.4 Å². The van der Waals surface area contributed by atoms with E-state index in [4.69, 9.17) is 14.2 Å². The molecule has 1 aliphatic heterocycles. The highest BCUT2D eigenvalue weighted by Crippen LogP contribution is 2.24. The lowest BCUT2D eigenvalue weighted by Crippen LogP contribution is -2.45. The van der Waals surface area contributed by atoms with Gasteiger partial charge >= 0.3 is 0 Å². The Balaban J connectivity index is 1.84. The highest BCUT2D eigenvalue weighted by Gasteiger charge is 2.27. The summed E-state index contributed by atoms with van der Waals surface area (Å²) in [4.78, 5) is 31.0. The van der Waals surface area contributed by atoms with E-state index >= 15 is 0 Å². The lowest BCUT2D eigenvalue weighted by atomic mass is 10.0. The number of carbonyl (C=O) groups excluding carboxylic acids is 2. The van der Waals surface area contributed by atoms with E-state index in [1.54, 1.807) is 7.11 Å². The number of ether oxygens (including phenoxy) is 3. The Kier molecular flexibility index (Phi) is 11.9. The summed E-state index contributed by atoms with van der Waals surface area (Å²) in [6.07, 6.45) is 3.84. The molecule has 0 spiro atoms. The molecule has 2 aromatic carbocycles. The van der Waals surface area contributed by atoms with E-state index in [-0.39, 0.29) is 17.9 Å². The van der Waals surface area contributed by atoms with Crippen molar-refractivity contribution < 1.29 is 23.8 Å². The average Bonchev–Trinajstić information content (AvgIpc) is 2.91. The number of hydrogen-bond acceptors (Lipinski definition) is 5. The molecular weight excluding hydrogens is 480 g/mol. The van der Waals surface area contributed by atoms with Crippen LogP contribution in [0.1, 0.15) is 62.4 Å². The summed E-state index contributed by atoms with van der Waals surface area (Å²) in [5.74, 6) is 1.82. The first-order valence-corrected chi connectivity index (χ1v) is 13.9. The number of hydrogen-bond donors (Lipinski definition) is 0. The second kappa shape index (κ2) is 15.4. The largest absolute Gasteiger partial charge is 0.494 e. The fraction of sp³-hybridized carbons (Fsp3) is 0.548. The number of rotatable bonds is 9. The molecule has 0 N–H and O–H groups in total. The summed E-state index contributed by atoms with van der Waals surface area (Å²) in [6, 6.07) is 15.1. The molecule has 1 aliphatic rings. The Hall–Kier alpha value is -3.06. The van der Waals surface area contributed by atoms with Gasteiger partial charge in [0, 0.05) is 26.7 Å². The van der Waals surface area contributed by atoms with E-state index in [1.807, 2.05) is 65.3 Å². The maximum absolute atomic E-state index is 13.7. The van der Waals surface area contributed by atoms with Crippen molar-refractivity contribution in [3.05, 3.63) is 59.7 Å². The second-order valence-electron chi connectivity index (χ2n) is 10.3. The van der Waals surface area contributed by atoms with Crippen molar-refractivity contribution in [2.45, 2.75) is 58.9 Å². The molecule has 3 rings (SSSR count). The van der Waals surface area contributed by atoms with Gasteiger partial charge in [0.1, 0.15) is 18.1 Å². The molecule has 1 atom stereocenters. The van der Waals surface area contributed by atoms with Gasteiger partial charge in [-0.2, -0.15) is 0 Å². The topological polar surface area (TPSA) is 68.3 Å². The van der Waals surface area contributed by atoms with Crippen molar-refractivity contribution in [2.75, 3.05) is 46.6 Å². The third kappa shape index (κ3) is 8.76. The summed E-state index contributed by atoms with van der Waals surface area (Å²) in [6.45, 7) is 9.58. The smallest absolute Gasteiger partial charge is 0.257 e. The van der Waals surface area contributed by atoms with Gasteiger partial charge in [0.2, 0.25) is 5.91 Å². The molecule has 0 radical (unpaired) electrons. The molecule has 0 bridgehead atoms. The van der Waals surface area contributed by atoms with E-state index in [2.05, 4.69) is 13.8 Å². The Morgan fingerprint density at radius 2 is 1.79 bits per heavy atom. The normalized spacial score (nSPS) is 17.2. The second-order valence-corrected chi connectivity index (χ2v) is 10.3. The molecule has 0 saturated heterocycles. The number of fused-ring (bicyclic) bond motifs is 1. The van der Waals surface area contributed by atoms with Crippen molar-refractivity contribution in [2.24, 2.45) is 5.92 Å². The van der Waals surface area contributed by atoms with Crippen LogP contribution >= 0.6 is 0 Å². The molecule has 0 aromatic heterocycles. The fourth-order valence-electron chi connectivity index (χ4n) is 4.89. The molecule has 1 heterocycles. The molecular formula is C31H44N2O5. The number of para-hydroxylation sites is 1. The quantitative estimate of drug-likeness (QED) is 0.450. The lowest BCUT2D eigenvalue weighted by Gasteiger charge is -2.33. The van der Waals surface area contributed by atoms with Crippen LogP contribution in [0.25, 0.3) is 0 Å². The number of methoxy groups -OCH3 is 1. The Bertz CT molecular complexity index is 1010. The predicted octanol–water partition coefficient (Wildman–Crippen LogP) is 5.22. The van der Waals surface area contributed by atoms with Gasteiger partial charge in [-0.3, -0.25) is 9.59 Å². The van der Waals surface area contributed by atoms with Gasteiger partial charge < -0.3 is 24.0 Å². The van der Waals surface area contributed by atoms with Crippen LogP contribution in [0, 0.1) is 5.92 Å². The zero-order chi connectivity index (χ0) is 27.3. The summed E-state index contributed by atoms with van der Waals surface area (Å²) >= 11 is 0. The highest BCUT2D eigenvalue weighted by atomic mass is 16.5. The summed E-state index contributed by atoms with van der Waals surface area (Å²) in [5, 5.41) is 0. The van der Waals surface area contributed by atoms with Crippen molar-refractivity contribution in [3.8, 4) is 11.5 Å². The van der Waals surface area contributed by atoms with Crippen LogP contribution in [0.4, 0.5) is 0 Å². The maximum atomic E-state index is 13.7. The molecule has 7 nitrogen and oxygen atoms in total. The number of carbonyl (C=O) groups is 2. The summed E-state index contributed by atoms with van der Waals surface area (Å²) in [5.41, 5.74) is 1.52. The number of benzene rings is 2. The van der Waals surface area contributed by atoms with E-state index in [0.29, 0.717) is 63.1 Å². The van der Waals surface area contributed by atoms with Crippen LogP contribution in [-0.2, 0) is 16.0 Å². The van der Waals surface area contributed by atoms with Crippen molar-refractivity contribution in [3.63, 3.8) is 0 Å². The molecule has 0 saturated carbocycles. The Morgan fingerprint density at radius 3 is 2.50 bits per heavy atom. The monoisotopic (exact) mass is 524 g/mol. The number of nitrogens with zero attached hydrogens (tertiary/aromatic N) is 2.